The zero-order chi connectivity index (χ0) is 13.7. The molecule has 0 radical (unpaired) electrons. The number of hydrogen-bond donors (Lipinski definition) is 0. The summed E-state index contributed by atoms with van der Waals surface area (Å²) in [5, 5.41) is 0. The van der Waals surface area contributed by atoms with Crippen LogP contribution < -0.4 is 4.74 Å². The fraction of sp³-hybridized carbons (Fsp3) is 0.647. The van der Waals surface area contributed by atoms with Gasteiger partial charge < -0.3 is 9.64 Å². The largest absolute Gasteiger partial charge is 0.497 e. The molecule has 1 aromatic rings. The molecule has 0 saturated carbocycles. The van der Waals surface area contributed by atoms with Crippen molar-refractivity contribution in [3.8, 4) is 5.75 Å². The molecule has 114 valence electrons. The minimum absolute atomic E-state index is 0. The van der Waals surface area contributed by atoms with Gasteiger partial charge in [0.2, 0.25) is 0 Å². The highest BCUT2D eigenvalue weighted by atomic mass is 35.5. The van der Waals surface area contributed by atoms with Crippen LogP contribution in [0.2, 0.25) is 0 Å². The van der Waals surface area contributed by atoms with Crippen molar-refractivity contribution >= 4 is 12.4 Å². The minimum atomic E-state index is 0. The van der Waals surface area contributed by atoms with Crippen LogP contribution in [0, 0.1) is 0 Å². The lowest BCUT2D eigenvalue weighted by molar-refractivity contribution is 0.180. The van der Waals surface area contributed by atoms with E-state index < -0.39 is 0 Å². The van der Waals surface area contributed by atoms with Crippen molar-refractivity contribution in [1.82, 2.24) is 4.90 Å². The summed E-state index contributed by atoms with van der Waals surface area (Å²) in [5.41, 5.74) is 3.01. The quantitative estimate of drug-likeness (QED) is 0.784. The molecule has 0 amide bonds. The SMILES string of the molecule is CCCN(CCC)C1CCc2cc(OC)ccc2C1.Cl. The average Bonchev–Trinajstić information content (AvgIpc) is 2.46. The van der Waals surface area contributed by atoms with E-state index >= 15 is 0 Å². The van der Waals surface area contributed by atoms with Crippen molar-refractivity contribution in [1.29, 1.82) is 0 Å². The van der Waals surface area contributed by atoms with Crippen LogP contribution in [0.25, 0.3) is 0 Å². The molecule has 0 saturated heterocycles. The van der Waals surface area contributed by atoms with Gasteiger partial charge in [0.1, 0.15) is 5.75 Å². The maximum Gasteiger partial charge on any atom is 0.119 e. The molecule has 0 bridgehead atoms. The van der Waals surface area contributed by atoms with Crippen molar-refractivity contribution in [2.75, 3.05) is 20.2 Å². The Kier molecular flexibility index (Phi) is 7.39. The van der Waals surface area contributed by atoms with Crippen LogP contribution in [0.1, 0.15) is 44.2 Å². The summed E-state index contributed by atoms with van der Waals surface area (Å²) in [6, 6.07) is 7.32. The molecule has 1 aliphatic carbocycles. The normalized spacial score (nSPS) is 17.5. The minimum Gasteiger partial charge on any atom is -0.497 e. The molecule has 1 atom stereocenters. The van der Waals surface area contributed by atoms with Crippen molar-refractivity contribution in [3.05, 3.63) is 29.3 Å². The van der Waals surface area contributed by atoms with E-state index in [2.05, 4.69) is 36.9 Å². The summed E-state index contributed by atoms with van der Waals surface area (Å²) in [4.78, 5) is 2.69. The van der Waals surface area contributed by atoms with Crippen molar-refractivity contribution < 1.29 is 4.74 Å². The van der Waals surface area contributed by atoms with E-state index in [0.717, 1.165) is 11.8 Å². The predicted octanol–water partition coefficient (Wildman–Crippen LogP) is 4.10. The number of hydrogen-bond acceptors (Lipinski definition) is 2. The lowest BCUT2D eigenvalue weighted by atomic mass is 9.87. The molecule has 3 heteroatoms. The molecule has 2 rings (SSSR count). The van der Waals surface area contributed by atoms with Gasteiger partial charge in [-0.1, -0.05) is 19.9 Å². The smallest absolute Gasteiger partial charge is 0.119 e. The van der Waals surface area contributed by atoms with Gasteiger partial charge in [-0.15, -0.1) is 12.4 Å². The number of ether oxygens (including phenoxy) is 1. The van der Waals surface area contributed by atoms with Crippen LogP contribution in [-0.4, -0.2) is 31.1 Å². The first kappa shape index (κ1) is 17.3. The van der Waals surface area contributed by atoms with Gasteiger partial charge in [0.05, 0.1) is 7.11 Å². The van der Waals surface area contributed by atoms with Gasteiger partial charge in [-0.3, -0.25) is 0 Å². The number of halogens is 1. The number of fused-ring (bicyclic) bond motifs is 1. The lowest BCUT2D eigenvalue weighted by Gasteiger charge is -2.35. The highest BCUT2D eigenvalue weighted by Gasteiger charge is 2.23. The second-order valence-electron chi connectivity index (χ2n) is 5.57. The van der Waals surface area contributed by atoms with Crippen LogP contribution in [0.3, 0.4) is 0 Å². The number of nitrogens with zero attached hydrogens (tertiary/aromatic N) is 1. The molecule has 0 aliphatic heterocycles. The Morgan fingerprint density at radius 2 is 1.85 bits per heavy atom. The Morgan fingerprint density at radius 1 is 1.15 bits per heavy atom. The Labute approximate surface area is 129 Å². The average molecular weight is 298 g/mol. The van der Waals surface area contributed by atoms with E-state index in [1.165, 1.54) is 56.3 Å². The molecular weight excluding hydrogens is 270 g/mol. The van der Waals surface area contributed by atoms with Gasteiger partial charge >= 0.3 is 0 Å². The fourth-order valence-corrected chi connectivity index (χ4v) is 3.20. The molecule has 0 aromatic heterocycles. The third kappa shape index (κ3) is 4.13. The van der Waals surface area contributed by atoms with E-state index in [9.17, 15) is 0 Å². The molecule has 1 unspecified atom stereocenters. The van der Waals surface area contributed by atoms with Gasteiger partial charge in [-0.2, -0.15) is 0 Å². The second-order valence-corrected chi connectivity index (χ2v) is 5.57. The Balaban J connectivity index is 0.00000200. The first-order valence-electron chi connectivity index (χ1n) is 7.68. The van der Waals surface area contributed by atoms with E-state index in [1.807, 2.05) is 0 Å². The summed E-state index contributed by atoms with van der Waals surface area (Å²) in [5.74, 6) is 0.996. The standard InChI is InChI=1S/C17H27NO.ClH/c1-4-10-18(11-5-2)16-8-6-15-13-17(19-3)9-7-14(15)12-16;/h7,9,13,16H,4-6,8,10-12H2,1-3H3;1H. The summed E-state index contributed by atoms with van der Waals surface area (Å²) >= 11 is 0. The molecule has 2 nitrogen and oxygen atoms in total. The highest BCUT2D eigenvalue weighted by Crippen LogP contribution is 2.28. The van der Waals surface area contributed by atoms with E-state index in [1.54, 1.807) is 7.11 Å². The Hall–Kier alpha value is -0.730. The predicted molar refractivity (Wildman–Crippen MR) is 88.2 cm³/mol. The third-order valence-electron chi connectivity index (χ3n) is 4.15. The molecule has 0 heterocycles. The summed E-state index contributed by atoms with van der Waals surface area (Å²) in [7, 11) is 1.75. The zero-order valence-electron chi connectivity index (χ0n) is 13.0. The summed E-state index contributed by atoms with van der Waals surface area (Å²) < 4.78 is 5.32. The van der Waals surface area contributed by atoms with Crippen molar-refractivity contribution in [2.45, 2.75) is 52.0 Å². The van der Waals surface area contributed by atoms with E-state index in [4.69, 9.17) is 4.74 Å². The maximum absolute atomic E-state index is 5.32. The molecule has 20 heavy (non-hydrogen) atoms. The topological polar surface area (TPSA) is 12.5 Å². The van der Waals surface area contributed by atoms with Gasteiger partial charge in [-0.05, 0) is 68.5 Å². The molecule has 0 fully saturated rings. The maximum atomic E-state index is 5.32. The molecule has 0 spiro atoms. The monoisotopic (exact) mass is 297 g/mol. The molecule has 1 aliphatic rings. The number of benzene rings is 1. The fourth-order valence-electron chi connectivity index (χ4n) is 3.20. The third-order valence-corrected chi connectivity index (χ3v) is 4.15. The number of rotatable bonds is 6. The first-order chi connectivity index (χ1) is 9.28. The van der Waals surface area contributed by atoms with Gasteiger partial charge in [0.25, 0.3) is 0 Å². The first-order valence-corrected chi connectivity index (χ1v) is 7.68. The van der Waals surface area contributed by atoms with E-state index in [0.29, 0.717) is 0 Å². The van der Waals surface area contributed by atoms with Crippen LogP contribution in [0.15, 0.2) is 18.2 Å². The van der Waals surface area contributed by atoms with Crippen molar-refractivity contribution in [3.63, 3.8) is 0 Å². The zero-order valence-corrected chi connectivity index (χ0v) is 13.8. The molecule has 0 N–H and O–H groups in total. The van der Waals surface area contributed by atoms with Crippen LogP contribution in [0.4, 0.5) is 0 Å². The molecule has 1 aromatic carbocycles. The molecular formula is C17H28ClNO. The number of methoxy groups -OCH3 is 1. The van der Waals surface area contributed by atoms with Crippen LogP contribution >= 0.6 is 12.4 Å². The van der Waals surface area contributed by atoms with Crippen LogP contribution in [0.5, 0.6) is 5.75 Å². The van der Waals surface area contributed by atoms with Gasteiger partial charge in [0.15, 0.2) is 0 Å². The van der Waals surface area contributed by atoms with Crippen LogP contribution in [-0.2, 0) is 12.8 Å². The second kappa shape index (κ2) is 8.53. The number of aryl methyl sites for hydroxylation is 1. The van der Waals surface area contributed by atoms with Gasteiger partial charge in [0, 0.05) is 6.04 Å². The van der Waals surface area contributed by atoms with Gasteiger partial charge in [-0.25, -0.2) is 0 Å². The Bertz CT molecular complexity index is 402. The van der Waals surface area contributed by atoms with E-state index in [-0.39, 0.29) is 12.4 Å². The highest BCUT2D eigenvalue weighted by molar-refractivity contribution is 5.85. The summed E-state index contributed by atoms with van der Waals surface area (Å²) in [6.45, 7) is 7.04. The summed E-state index contributed by atoms with van der Waals surface area (Å²) in [6.07, 6.45) is 6.21. The Morgan fingerprint density at radius 3 is 2.45 bits per heavy atom. The lowest BCUT2D eigenvalue weighted by Crippen LogP contribution is -2.40. The van der Waals surface area contributed by atoms with Crippen molar-refractivity contribution in [2.24, 2.45) is 0 Å².